The van der Waals surface area contributed by atoms with E-state index < -0.39 is 103 Å². The number of ketones is 1. The van der Waals surface area contributed by atoms with Gasteiger partial charge < -0.3 is 53.1 Å². The van der Waals surface area contributed by atoms with Crippen LogP contribution in [0.2, 0.25) is 0 Å². The van der Waals surface area contributed by atoms with Crippen LogP contribution in [-0.4, -0.2) is 121 Å². The van der Waals surface area contributed by atoms with Gasteiger partial charge in [0.05, 0.1) is 19.8 Å². The first-order valence-corrected chi connectivity index (χ1v) is 17.0. The molecule has 2 fully saturated rings. The maximum absolute atomic E-state index is 13.4. The molecule has 53 heavy (non-hydrogen) atoms. The second-order valence-corrected chi connectivity index (χ2v) is 12.5. The third-order valence-electron chi connectivity index (χ3n) is 8.19. The first kappa shape index (κ1) is 43.1. The normalized spacial score (nSPS) is 29.6. The highest BCUT2D eigenvalue weighted by Crippen LogP contribution is 2.39. The standard InChI is InChI=1S/C36H49NO16/c1-8-9-13-16-46-34-29(37-21(3)39)32(49-24(6)42)30(28(51-34)19-47-22(4)40)53-35-36(44,20(2)38)33(50-25(7)43)31(48-23(5)41)27(52-35)18-45-17-26-14-11-10-12-15-26/h8,10-12,14-15,27-35,44H,1,9,13,16-19H2,2-7H3,(H,37,39)/t27-,28-,29-,30-,31-,32-,33+,34?,35+,36+/m1/s1. The Morgan fingerprint density at radius 1 is 0.830 bits per heavy atom. The topological polar surface area (TPSA) is 218 Å². The average Bonchev–Trinajstić information content (AvgIpc) is 3.07. The molecule has 1 amide bonds. The summed E-state index contributed by atoms with van der Waals surface area (Å²) in [6.07, 6.45) is -9.83. The number of ether oxygens (including phenoxy) is 9. The fourth-order valence-corrected chi connectivity index (χ4v) is 5.92. The van der Waals surface area contributed by atoms with Gasteiger partial charge in [-0.3, -0.25) is 28.8 Å². The highest BCUT2D eigenvalue weighted by Gasteiger charge is 2.64. The molecule has 2 saturated heterocycles. The Labute approximate surface area is 307 Å². The molecular formula is C36H49NO16. The van der Waals surface area contributed by atoms with Gasteiger partial charge in [0.1, 0.15) is 31.0 Å². The number of hydrogen-bond acceptors (Lipinski definition) is 16. The summed E-state index contributed by atoms with van der Waals surface area (Å²) in [6.45, 7) is 9.52. The number of esters is 4. The number of carbonyl (C=O) groups is 6. The Hall–Kier alpha value is -4.26. The maximum Gasteiger partial charge on any atom is 0.303 e. The van der Waals surface area contributed by atoms with Crippen molar-refractivity contribution in [2.75, 3.05) is 19.8 Å². The van der Waals surface area contributed by atoms with Crippen molar-refractivity contribution in [2.24, 2.45) is 0 Å². The molecule has 2 aliphatic rings. The van der Waals surface area contributed by atoms with E-state index in [1.54, 1.807) is 30.3 Å². The molecule has 1 unspecified atom stereocenters. The van der Waals surface area contributed by atoms with Gasteiger partial charge >= 0.3 is 23.9 Å². The zero-order valence-corrected chi connectivity index (χ0v) is 30.7. The van der Waals surface area contributed by atoms with Crippen LogP contribution in [0.4, 0.5) is 0 Å². The molecule has 2 aliphatic heterocycles. The smallest absolute Gasteiger partial charge is 0.303 e. The first-order chi connectivity index (χ1) is 25.1. The molecule has 0 aliphatic carbocycles. The third kappa shape index (κ3) is 12.1. The van der Waals surface area contributed by atoms with E-state index in [0.29, 0.717) is 12.8 Å². The number of nitrogens with one attached hydrogen (secondary N) is 1. The van der Waals surface area contributed by atoms with Gasteiger partial charge in [0, 0.05) is 34.6 Å². The Bertz CT molecular complexity index is 1440. The van der Waals surface area contributed by atoms with Crippen LogP contribution < -0.4 is 5.32 Å². The summed E-state index contributed by atoms with van der Waals surface area (Å²) in [5.41, 5.74) is -2.10. The lowest BCUT2D eigenvalue weighted by Crippen LogP contribution is -2.74. The summed E-state index contributed by atoms with van der Waals surface area (Å²) in [5.74, 6) is -4.96. The zero-order chi connectivity index (χ0) is 39.3. The highest BCUT2D eigenvalue weighted by atomic mass is 16.8. The summed E-state index contributed by atoms with van der Waals surface area (Å²) in [6, 6.07) is 7.77. The number of allylic oxidation sites excluding steroid dienone is 1. The zero-order valence-electron chi connectivity index (χ0n) is 30.7. The van der Waals surface area contributed by atoms with E-state index in [2.05, 4.69) is 11.9 Å². The predicted molar refractivity (Wildman–Crippen MR) is 180 cm³/mol. The Morgan fingerprint density at radius 2 is 1.45 bits per heavy atom. The lowest BCUT2D eigenvalue weighted by Gasteiger charge is -2.51. The van der Waals surface area contributed by atoms with Crippen molar-refractivity contribution in [3.63, 3.8) is 0 Å². The van der Waals surface area contributed by atoms with Crippen molar-refractivity contribution in [2.45, 2.75) is 122 Å². The number of hydrogen-bond donors (Lipinski definition) is 2. The molecule has 3 rings (SSSR count). The molecule has 2 N–H and O–H groups in total. The average molecular weight is 752 g/mol. The molecule has 0 aromatic heterocycles. The van der Waals surface area contributed by atoms with Gasteiger partial charge in [-0.1, -0.05) is 36.4 Å². The molecule has 0 spiro atoms. The lowest BCUT2D eigenvalue weighted by atomic mass is 9.82. The van der Waals surface area contributed by atoms with Gasteiger partial charge in [-0.05, 0) is 25.3 Å². The van der Waals surface area contributed by atoms with Gasteiger partial charge in [-0.2, -0.15) is 0 Å². The van der Waals surface area contributed by atoms with Gasteiger partial charge in [0.15, 0.2) is 36.7 Å². The minimum Gasteiger partial charge on any atom is -0.463 e. The molecule has 17 nitrogen and oxygen atoms in total. The lowest BCUT2D eigenvalue weighted by molar-refractivity contribution is -0.366. The first-order valence-electron chi connectivity index (χ1n) is 17.0. The van der Waals surface area contributed by atoms with Crippen molar-refractivity contribution >= 4 is 35.6 Å². The molecular weight excluding hydrogens is 702 g/mol. The van der Waals surface area contributed by atoms with E-state index in [9.17, 15) is 33.9 Å². The van der Waals surface area contributed by atoms with Crippen molar-refractivity contribution in [1.82, 2.24) is 5.32 Å². The fourth-order valence-electron chi connectivity index (χ4n) is 5.92. The molecule has 294 valence electrons. The SMILES string of the molecule is C=CCCCOC1O[C@H](COC(C)=O)[C@@H](O[C@@H]2O[C@H](COCc3ccccc3)[C@@H](OC(C)=O)[C@H](OC(C)=O)[C@@]2(O)C(C)=O)[C@H](OC(C)=O)[C@H]1NC(C)=O. The fraction of sp³-hybridized carbons (Fsp3) is 0.611. The van der Waals surface area contributed by atoms with E-state index >= 15 is 0 Å². The van der Waals surface area contributed by atoms with Crippen LogP contribution in [0.15, 0.2) is 43.0 Å². The van der Waals surface area contributed by atoms with E-state index in [-0.39, 0.29) is 19.8 Å². The molecule has 1 aromatic carbocycles. The number of Topliss-reactive ketones (excluding diaryl/α,β-unsaturated/α-hetero) is 1. The minimum absolute atomic E-state index is 0.0657. The molecule has 17 heteroatoms. The van der Waals surface area contributed by atoms with Gasteiger partial charge in [-0.25, -0.2) is 0 Å². The van der Waals surface area contributed by atoms with Crippen molar-refractivity contribution in [3.8, 4) is 0 Å². The van der Waals surface area contributed by atoms with Crippen LogP contribution in [-0.2, 0) is 78.0 Å². The third-order valence-corrected chi connectivity index (χ3v) is 8.19. The van der Waals surface area contributed by atoms with Crippen LogP contribution in [0, 0.1) is 0 Å². The molecule has 0 radical (unpaired) electrons. The van der Waals surface area contributed by atoms with Crippen LogP contribution in [0.25, 0.3) is 0 Å². The molecule has 0 saturated carbocycles. The number of rotatable bonds is 18. The second-order valence-electron chi connectivity index (χ2n) is 12.5. The number of benzene rings is 1. The number of carbonyl (C=O) groups excluding carboxylic acids is 6. The number of amides is 1. The largest absolute Gasteiger partial charge is 0.463 e. The second kappa shape index (κ2) is 20.3. The van der Waals surface area contributed by atoms with E-state index in [0.717, 1.165) is 40.2 Å². The van der Waals surface area contributed by atoms with Crippen molar-refractivity contribution in [1.29, 1.82) is 0 Å². The molecule has 0 bridgehead atoms. The Morgan fingerprint density at radius 3 is 2.02 bits per heavy atom. The summed E-state index contributed by atoms with van der Waals surface area (Å²) in [4.78, 5) is 75.2. The summed E-state index contributed by atoms with van der Waals surface area (Å²) in [5, 5.41) is 14.9. The van der Waals surface area contributed by atoms with Crippen LogP contribution >= 0.6 is 0 Å². The quantitative estimate of drug-likeness (QED) is 0.0932. The van der Waals surface area contributed by atoms with Crippen LogP contribution in [0.5, 0.6) is 0 Å². The van der Waals surface area contributed by atoms with Crippen molar-refractivity contribution < 1.29 is 76.5 Å². The number of unbranched alkanes of at least 4 members (excludes halogenated alkanes) is 1. The Kier molecular flexibility index (Phi) is 16.5. The predicted octanol–water partition coefficient (Wildman–Crippen LogP) is 1.20. The van der Waals surface area contributed by atoms with E-state index in [1.165, 1.54) is 6.92 Å². The summed E-state index contributed by atoms with van der Waals surface area (Å²) in [7, 11) is 0. The highest BCUT2D eigenvalue weighted by molar-refractivity contribution is 5.87. The van der Waals surface area contributed by atoms with Crippen molar-refractivity contribution in [3.05, 3.63) is 48.6 Å². The minimum atomic E-state index is -2.88. The van der Waals surface area contributed by atoms with E-state index in [4.69, 9.17) is 42.6 Å². The molecule has 2 heterocycles. The maximum atomic E-state index is 13.4. The van der Waals surface area contributed by atoms with E-state index in [1.807, 2.05) is 6.07 Å². The van der Waals surface area contributed by atoms with Crippen LogP contribution in [0.3, 0.4) is 0 Å². The monoisotopic (exact) mass is 751 g/mol. The van der Waals surface area contributed by atoms with Gasteiger partial charge in [0.2, 0.25) is 11.5 Å². The Balaban J connectivity index is 2.13. The number of aliphatic hydroxyl groups is 1. The summed E-state index contributed by atoms with van der Waals surface area (Å²) < 4.78 is 52.4. The molecule has 10 atom stereocenters. The van der Waals surface area contributed by atoms with Crippen LogP contribution in [0.1, 0.15) is 59.9 Å². The summed E-state index contributed by atoms with van der Waals surface area (Å²) >= 11 is 0. The molecule has 1 aromatic rings. The van der Waals surface area contributed by atoms with Gasteiger partial charge in [0.25, 0.3) is 0 Å². The van der Waals surface area contributed by atoms with Gasteiger partial charge in [-0.15, -0.1) is 6.58 Å².